The third-order valence-electron chi connectivity index (χ3n) is 2.16. The lowest BCUT2D eigenvalue weighted by Gasteiger charge is -2.19. The van der Waals surface area contributed by atoms with Crippen molar-refractivity contribution >= 4 is 23.8 Å². The Morgan fingerprint density at radius 1 is 1.56 bits per heavy atom. The number of carbonyl (C=O) groups excluding carboxylic acids is 3. The summed E-state index contributed by atoms with van der Waals surface area (Å²) in [5.41, 5.74) is 4.85. The highest BCUT2D eigenvalue weighted by Gasteiger charge is 2.43. The number of carboxylic acids is 1. The summed E-state index contributed by atoms with van der Waals surface area (Å²) < 4.78 is 0. The standard InChI is InChI=1S/C8H11N3O5/c1-3-6(13)11(8(16)10-3)4(7(14)15)2-5(9)12/h3-4H,2H2,1H3,(H2,9,12)(H,10,16)(H,14,15)/t3?,4-/m0/s1. The zero-order valence-electron chi connectivity index (χ0n) is 8.47. The van der Waals surface area contributed by atoms with Crippen LogP contribution in [0.25, 0.3) is 0 Å². The van der Waals surface area contributed by atoms with Crippen LogP contribution >= 0.6 is 0 Å². The number of aliphatic carboxylic acids is 1. The first-order valence-electron chi connectivity index (χ1n) is 4.49. The van der Waals surface area contributed by atoms with Crippen molar-refractivity contribution in [3.63, 3.8) is 0 Å². The number of carbonyl (C=O) groups is 4. The van der Waals surface area contributed by atoms with E-state index in [9.17, 15) is 19.2 Å². The number of carboxylic acid groups (broad SMARTS) is 1. The normalized spacial score (nSPS) is 21.8. The second-order valence-corrected chi connectivity index (χ2v) is 3.40. The van der Waals surface area contributed by atoms with Crippen LogP contribution in [0, 0.1) is 0 Å². The fourth-order valence-corrected chi connectivity index (χ4v) is 1.40. The van der Waals surface area contributed by atoms with E-state index in [2.05, 4.69) is 5.32 Å². The highest BCUT2D eigenvalue weighted by molar-refractivity contribution is 6.07. The average molecular weight is 229 g/mol. The summed E-state index contributed by atoms with van der Waals surface area (Å²) in [6.45, 7) is 1.42. The highest BCUT2D eigenvalue weighted by atomic mass is 16.4. The Bertz CT molecular complexity index is 367. The third-order valence-corrected chi connectivity index (χ3v) is 2.16. The number of urea groups is 1. The fourth-order valence-electron chi connectivity index (χ4n) is 1.40. The van der Waals surface area contributed by atoms with Crippen LogP contribution in [0.2, 0.25) is 0 Å². The predicted molar refractivity (Wildman–Crippen MR) is 50.1 cm³/mol. The van der Waals surface area contributed by atoms with Gasteiger partial charge in [-0.05, 0) is 6.92 Å². The zero-order chi connectivity index (χ0) is 12.5. The van der Waals surface area contributed by atoms with Gasteiger partial charge in [0, 0.05) is 0 Å². The van der Waals surface area contributed by atoms with Gasteiger partial charge in [-0.2, -0.15) is 0 Å². The van der Waals surface area contributed by atoms with Crippen molar-refractivity contribution in [3.8, 4) is 0 Å². The van der Waals surface area contributed by atoms with Crippen LogP contribution in [0.3, 0.4) is 0 Å². The van der Waals surface area contributed by atoms with Gasteiger partial charge in [0.2, 0.25) is 5.91 Å². The molecule has 0 aromatic heterocycles. The molecule has 4 amide bonds. The van der Waals surface area contributed by atoms with Crippen LogP contribution in [0.5, 0.6) is 0 Å². The van der Waals surface area contributed by atoms with Gasteiger partial charge in [-0.25, -0.2) is 14.5 Å². The van der Waals surface area contributed by atoms with E-state index in [1.54, 1.807) is 0 Å². The average Bonchev–Trinajstić information content (AvgIpc) is 2.38. The van der Waals surface area contributed by atoms with Gasteiger partial charge >= 0.3 is 12.0 Å². The molecule has 1 heterocycles. The Balaban J connectivity index is 2.94. The van der Waals surface area contributed by atoms with Crippen LogP contribution in [0.4, 0.5) is 4.79 Å². The largest absolute Gasteiger partial charge is 0.480 e. The van der Waals surface area contributed by atoms with E-state index in [0.717, 1.165) is 0 Å². The molecule has 1 aliphatic heterocycles. The molecule has 1 aliphatic rings. The highest BCUT2D eigenvalue weighted by Crippen LogP contribution is 2.13. The lowest BCUT2D eigenvalue weighted by atomic mass is 10.1. The summed E-state index contributed by atoms with van der Waals surface area (Å²) in [6.07, 6.45) is -0.596. The van der Waals surface area contributed by atoms with Gasteiger partial charge in [-0.3, -0.25) is 9.59 Å². The van der Waals surface area contributed by atoms with Gasteiger partial charge in [0.15, 0.2) is 0 Å². The second-order valence-electron chi connectivity index (χ2n) is 3.40. The van der Waals surface area contributed by atoms with Crippen molar-refractivity contribution in [2.24, 2.45) is 5.73 Å². The molecule has 0 saturated carbocycles. The molecular weight excluding hydrogens is 218 g/mol. The molecule has 0 aliphatic carbocycles. The summed E-state index contributed by atoms with van der Waals surface area (Å²) in [5.74, 6) is -3.03. The van der Waals surface area contributed by atoms with Crippen molar-refractivity contribution in [2.75, 3.05) is 0 Å². The molecule has 1 saturated heterocycles. The minimum Gasteiger partial charge on any atom is -0.480 e. The number of primary amides is 1. The molecule has 1 rings (SSSR count). The molecule has 88 valence electrons. The first-order valence-corrected chi connectivity index (χ1v) is 4.49. The summed E-state index contributed by atoms with van der Waals surface area (Å²) in [7, 11) is 0. The molecule has 16 heavy (non-hydrogen) atoms. The molecule has 1 unspecified atom stereocenters. The number of hydrogen-bond acceptors (Lipinski definition) is 4. The molecule has 0 radical (unpaired) electrons. The van der Waals surface area contributed by atoms with Gasteiger partial charge in [0.05, 0.1) is 6.42 Å². The molecule has 0 bridgehead atoms. The van der Waals surface area contributed by atoms with Crippen molar-refractivity contribution in [3.05, 3.63) is 0 Å². The van der Waals surface area contributed by atoms with Crippen LogP contribution in [0.1, 0.15) is 13.3 Å². The molecule has 2 atom stereocenters. The maximum absolute atomic E-state index is 11.5. The molecule has 1 fully saturated rings. The van der Waals surface area contributed by atoms with Crippen LogP contribution in [0.15, 0.2) is 0 Å². The van der Waals surface area contributed by atoms with Crippen molar-refractivity contribution in [1.82, 2.24) is 10.2 Å². The summed E-state index contributed by atoms with van der Waals surface area (Å²) in [6, 6.07) is -3.16. The molecule has 0 spiro atoms. The van der Waals surface area contributed by atoms with Gasteiger partial charge < -0.3 is 16.2 Å². The van der Waals surface area contributed by atoms with Crippen molar-refractivity contribution < 1.29 is 24.3 Å². The minimum absolute atomic E-state index is 0.512. The number of imide groups is 1. The molecule has 8 heteroatoms. The predicted octanol–water partition coefficient (Wildman–Crippen LogP) is -1.74. The number of nitrogens with one attached hydrogen (secondary N) is 1. The summed E-state index contributed by atoms with van der Waals surface area (Å²) >= 11 is 0. The smallest absolute Gasteiger partial charge is 0.327 e. The van der Waals surface area contributed by atoms with Crippen molar-refractivity contribution in [1.29, 1.82) is 0 Å². The van der Waals surface area contributed by atoms with E-state index < -0.39 is 42.3 Å². The lowest BCUT2D eigenvalue weighted by molar-refractivity contribution is -0.148. The zero-order valence-corrected chi connectivity index (χ0v) is 8.47. The quantitative estimate of drug-likeness (QED) is 0.492. The monoisotopic (exact) mass is 229 g/mol. The van der Waals surface area contributed by atoms with Gasteiger partial charge in [-0.1, -0.05) is 0 Å². The van der Waals surface area contributed by atoms with E-state index in [4.69, 9.17) is 10.8 Å². The van der Waals surface area contributed by atoms with E-state index in [1.165, 1.54) is 6.92 Å². The lowest BCUT2D eigenvalue weighted by Crippen LogP contribution is -2.47. The van der Waals surface area contributed by atoms with E-state index in [0.29, 0.717) is 4.90 Å². The minimum atomic E-state index is -1.55. The molecule has 8 nitrogen and oxygen atoms in total. The SMILES string of the molecule is CC1NC(=O)N([C@@H](CC(N)=O)C(=O)O)C1=O. The molecular formula is C8H11N3O5. The Hall–Kier alpha value is -2.12. The maximum Gasteiger partial charge on any atom is 0.327 e. The number of nitrogens with two attached hydrogens (primary N) is 1. The summed E-state index contributed by atoms with van der Waals surface area (Å²) in [4.78, 5) is 44.8. The van der Waals surface area contributed by atoms with E-state index in [1.807, 2.05) is 0 Å². The summed E-state index contributed by atoms with van der Waals surface area (Å²) in [5, 5.41) is 11.1. The molecule has 0 aromatic carbocycles. The van der Waals surface area contributed by atoms with E-state index in [-0.39, 0.29) is 0 Å². The van der Waals surface area contributed by atoms with Crippen molar-refractivity contribution in [2.45, 2.75) is 25.4 Å². The number of hydrogen-bond donors (Lipinski definition) is 3. The Kier molecular flexibility index (Phi) is 3.11. The Morgan fingerprint density at radius 2 is 2.12 bits per heavy atom. The van der Waals surface area contributed by atoms with Gasteiger partial charge in [-0.15, -0.1) is 0 Å². The number of rotatable bonds is 4. The van der Waals surface area contributed by atoms with Crippen LogP contribution < -0.4 is 11.1 Å². The molecule has 0 aromatic rings. The first-order chi connectivity index (χ1) is 7.34. The second kappa shape index (κ2) is 4.17. The number of amides is 4. The Labute approximate surface area is 90.4 Å². The van der Waals surface area contributed by atoms with Gasteiger partial charge in [0.25, 0.3) is 5.91 Å². The van der Waals surface area contributed by atoms with E-state index >= 15 is 0 Å². The number of nitrogens with zero attached hydrogens (tertiary/aromatic N) is 1. The fraction of sp³-hybridized carbons (Fsp3) is 0.500. The van der Waals surface area contributed by atoms with Crippen LogP contribution in [-0.2, 0) is 14.4 Å². The third kappa shape index (κ3) is 2.10. The Morgan fingerprint density at radius 3 is 2.44 bits per heavy atom. The first kappa shape index (κ1) is 12.0. The van der Waals surface area contributed by atoms with Crippen LogP contribution in [-0.4, -0.2) is 45.9 Å². The molecule has 4 N–H and O–H groups in total. The van der Waals surface area contributed by atoms with Gasteiger partial charge in [0.1, 0.15) is 12.1 Å². The topological polar surface area (TPSA) is 130 Å². The maximum atomic E-state index is 11.5.